The molecular weight excluding hydrogens is 380 g/mol. The summed E-state index contributed by atoms with van der Waals surface area (Å²) in [6.07, 6.45) is 3.60. The molecule has 2 aromatic heterocycles. The molecule has 0 saturated carbocycles. The summed E-state index contributed by atoms with van der Waals surface area (Å²) < 4.78 is 2.21. The number of para-hydroxylation sites is 1. The SMILES string of the molecule is CC(C)(C)c1cc(-c2ncnc3c2nc2n3-c3ccccc3CC2)cc2ccccc12. The average Bonchev–Trinajstić information content (AvgIpc) is 3.17. The predicted molar refractivity (Wildman–Crippen MR) is 126 cm³/mol. The van der Waals surface area contributed by atoms with Crippen LogP contribution in [0.15, 0.2) is 67.0 Å². The number of fused-ring (bicyclic) bond motifs is 6. The number of nitrogens with zero attached hydrogens (tertiary/aromatic N) is 4. The fraction of sp³-hybridized carbons (Fsp3) is 0.222. The maximum atomic E-state index is 5.04. The Labute approximate surface area is 181 Å². The molecule has 1 aliphatic heterocycles. The van der Waals surface area contributed by atoms with E-state index in [2.05, 4.69) is 91.0 Å². The Morgan fingerprint density at radius 3 is 2.55 bits per heavy atom. The number of hydrogen-bond acceptors (Lipinski definition) is 3. The van der Waals surface area contributed by atoms with Crippen LogP contribution in [0.5, 0.6) is 0 Å². The molecule has 1 aliphatic rings. The van der Waals surface area contributed by atoms with Gasteiger partial charge < -0.3 is 0 Å². The van der Waals surface area contributed by atoms with Gasteiger partial charge in [0.1, 0.15) is 23.4 Å². The van der Waals surface area contributed by atoms with Crippen LogP contribution < -0.4 is 0 Å². The number of imidazole rings is 1. The van der Waals surface area contributed by atoms with Crippen LogP contribution in [0.4, 0.5) is 0 Å². The number of aromatic nitrogens is 4. The molecule has 4 heteroatoms. The van der Waals surface area contributed by atoms with Crippen molar-refractivity contribution >= 4 is 21.9 Å². The van der Waals surface area contributed by atoms with Crippen molar-refractivity contribution in [2.45, 2.75) is 39.0 Å². The Morgan fingerprint density at radius 2 is 1.68 bits per heavy atom. The van der Waals surface area contributed by atoms with E-state index < -0.39 is 0 Å². The van der Waals surface area contributed by atoms with Crippen molar-refractivity contribution in [1.82, 2.24) is 19.5 Å². The quantitative estimate of drug-likeness (QED) is 0.342. The summed E-state index contributed by atoms with van der Waals surface area (Å²) in [7, 11) is 0. The molecule has 0 atom stereocenters. The van der Waals surface area contributed by atoms with E-state index in [-0.39, 0.29) is 5.41 Å². The lowest BCUT2D eigenvalue weighted by molar-refractivity contribution is 0.596. The highest BCUT2D eigenvalue weighted by molar-refractivity contribution is 5.95. The van der Waals surface area contributed by atoms with Gasteiger partial charge in [-0.3, -0.25) is 4.57 Å². The second kappa shape index (κ2) is 6.48. The normalized spacial score (nSPS) is 13.4. The first-order valence-electron chi connectivity index (χ1n) is 10.8. The van der Waals surface area contributed by atoms with E-state index in [1.165, 1.54) is 27.6 Å². The molecule has 0 saturated heterocycles. The van der Waals surface area contributed by atoms with Gasteiger partial charge in [0.15, 0.2) is 5.65 Å². The third kappa shape index (κ3) is 2.78. The summed E-state index contributed by atoms with van der Waals surface area (Å²) in [5.41, 5.74) is 7.64. The largest absolute Gasteiger partial charge is 0.280 e. The molecule has 4 nitrogen and oxygen atoms in total. The lowest BCUT2D eigenvalue weighted by atomic mass is 9.82. The van der Waals surface area contributed by atoms with E-state index >= 15 is 0 Å². The topological polar surface area (TPSA) is 43.6 Å². The summed E-state index contributed by atoms with van der Waals surface area (Å²) in [6, 6.07) is 21.7. The van der Waals surface area contributed by atoms with Crippen LogP contribution in [0.1, 0.15) is 37.7 Å². The monoisotopic (exact) mass is 404 g/mol. The van der Waals surface area contributed by atoms with Crippen molar-refractivity contribution in [3.63, 3.8) is 0 Å². The zero-order valence-corrected chi connectivity index (χ0v) is 18.1. The molecule has 0 aliphatic carbocycles. The highest BCUT2D eigenvalue weighted by Crippen LogP contribution is 2.37. The van der Waals surface area contributed by atoms with Crippen LogP contribution >= 0.6 is 0 Å². The summed E-state index contributed by atoms with van der Waals surface area (Å²) in [4.78, 5) is 14.4. The molecule has 0 bridgehead atoms. The van der Waals surface area contributed by atoms with Crippen LogP contribution in [0.2, 0.25) is 0 Å². The van der Waals surface area contributed by atoms with Gasteiger partial charge in [-0.1, -0.05) is 63.2 Å². The summed E-state index contributed by atoms with van der Waals surface area (Å²) in [6.45, 7) is 6.79. The van der Waals surface area contributed by atoms with E-state index in [1.807, 2.05) is 0 Å². The molecule has 0 radical (unpaired) electrons. The smallest absolute Gasteiger partial charge is 0.168 e. The molecule has 3 aromatic carbocycles. The first-order chi connectivity index (χ1) is 15.0. The molecule has 0 unspecified atom stereocenters. The number of hydrogen-bond donors (Lipinski definition) is 0. The van der Waals surface area contributed by atoms with Crippen molar-refractivity contribution < 1.29 is 0 Å². The average molecular weight is 405 g/mol. The minimum Gasteiger partial charge on any atom is -0.280 e. The maximum Gasteiger partial charge on any atom is 0.168 e. The van der Waals surface area contributed by atoms with Gasteiger partial charge in [0.2, 0.25) is 0 Å². The first kappa shape index (κ1) is 18.3. The molecule has 152 valence electrons. The molecule has 0 N–H and O–H groups in total. The third-order valence-electron chi connectivity index (χ3n) is 6.31. The highest BCUT2D eigenvalue weighted by Gasteiger charge is 2.24. The Kier molecular flexibility index (Phi) is 3.82. The zero-order chi connectivity index (χ0) is 21.2. The second-order valence-electron chi connectivity index (χ2n) is 9.38. The third-order valence-corrected chi connectivity index (χ3v) is 6.31. The fourth-order valence-corrected chi connectivity index (χ4v) is 4.82. The van der Waals surface area contributed by atoms with Crippen LogP contribution in [0.25, 0.3) is 38.9 Å². The fourth-order valence-electron chi connectivity index (χ4n) is 4.82. The molecule has 6 rings (SSSR count). The molecule has 0 spiro atoms. The first-order valence-corrected chi connectivity index (χ1v) is 10.8. The lowest BCUT2D eigenvalue weighted by Crippen LogP contribution is -2.12. The van der Waals surface area contributed by atoms with Crippen LogP contribution in [0, 0.1) is 0 Å². The summed E-state index contributed by atoms with van der Waals surface area (Å²) >= 11 is 0. The predicted octanol–water partition coefficient (Wildman–Crippen LogP) is 6.03. The maximum absolute atomic E-state index is 5.04. The molecule has 0 fully saturated rings. The van der Waals surface area contributed by atoms with E-state index in [0.717, 1.165) is 41.1 Å². The van der Waals surface area contributed by atoms with Gasteiger partial charge in [-0.15, -0.1) is 0 Å². The van der Waals surface area contributed by atoms with E-state index in [4.69, 9.17) is 9.97 Å². The van der Waals surface area contributed by atoms with E-state index in [9.17, 15) is 0 Å². The minimum absolute atomic E-state index is 0.0220. The minimum atomic E-state index is 0.0220. The van der Waals surface area contributed by atoms with Gasteiger partial charge in [0.05, 0.1) is 5.69 Å². The van der Waals surface area contributed by atoms with Crippen molar-refractivity contribution in [3.05, 3.63) is 83.9 Å². The Balaban J connectivity index is 1.64. The Bertz CT molecular complexity index is 1470. The van der Waals surface area contributed by atoms with Crippen molar-refractivity contribution in [2.24, 2.45) is 0 Å². The molecule has 0 amide bonds. The number of aryl methyl sites for hydroxylation is 2. The van der Waals surface area contributed by atoms with Crippen LogP contribution in [0.3, 0.4) is 0 Å². The second-order valence-corrected chi connectivity index (χ2v) is 9.38. The van der Waals surface area contributed by atoms with E-state index in [1.54, 1.807) is 6.33 Å². The molecule has 3 heterocycles. The van der Waals surface area contributed by atoms with Gasteiger partial charge in [0.25, 0.3) is 0 Å². The van der Waals surface area contributed by atoms with Crippen molar-refractivity contribution in [2.75, 3.05) is 0 Å². The van der Waals surface area contributed by atoms with Crippen molar-refractivity contribution in [1.29, 1.82) is 0 Å². The van der Waals surface area contributed by atoms with Crippen LogP contribution in [-0.2, 0) is 18.3 Å². The van der Waals surface area contributed by atoms with Gasteiger partial charge in [-0.05, 0) is 51.9 Å². The summed E-state index contributed by atoms with van der Waals surface area (Å²) in [5.74, 6) is 1.06. The number of rotatable bonds is 1. The molecule has 31 heavy (non-hydrogen) atoms. The van der Waals surface area contributed by atoms with Gasteiger partial charge >= 0.3 is 0 Å². The summed E-state index contributed by atoms with van der Waals surface area (Å²) in [5, 5.41) is 2.52. The Hall–Kier alpha value is -3.53. The van der Waals surface area contributed by atoms with E-state index in [0.29, 0.717) is 0 Å². The Morgan fingerprint density at radius 1 is 0.871 bits per heavy atom. The van der Waals surface area contributed by atoms with Gasteiger partial charge in [-0.2, -0.15) is 0 Å². The lowest BCUT2D eigenvalue weighted by Gasteiger charge is -2.22. The van der Waals surface area contributed by atoms with Gasteiger partial charge in [-0.25, -0.2) is 15.0 Å². The molecule has 5 aromatic rings. The standard InChI is InChI=1S/C27H24N4/c1-27(2,3)21-15-19(14-18-9-4-6-10-20(18)21)24-25-26(29-16-28-24)31-22-11-7-5-8-17(22)12-13-23(31)30-25/h4-11,14-16H,12-13H2,1-3H3. The van der Waals surface area contributed by atoms with Crippen molar-refractivity contribution in [3.8, 4) is 16.9 Å². The van der Waals surface area contributed by atoms with Crippen LogP contribution in [-0.4, -0.2) is 19.5 Å². The van der Waals surface area contributed by atoms with Gasteiger partial charge in [0, 0.05) is 12.0 Å². The molecular formula is C27H24N4. The number of benzene rings is 3. The highest BCUT2D eigenvalue weighted by atomic mass is 15.2. The zero-order valence-electron chi connectivity index (χ0n) is 18.1.